The summed E-state index contributed by atoms with van der Waals surface area (Å²) >= 11 is -0.01000. The first kappa shape index (κ1) is 24.2. The molecule has 0 aliphatic carbocycles. The first-order valence-corrected chi connectivity index (χ1v) is 13.8. The van der Waals surface area contributed by atoms with E-state index in [-0.39, 0.29) is 32.3 Å². The van der Waals surface area contributed by atoms with Gasteiger partial charge in [0.15, 0.2) is 0 Å². The molecule has 0 unspecified atom stereocenters. The van der Waals surface area contributed by atoms with Crippen LogP contribution in [0.25, 0.3) is 0 Å². The molecule has 0 aromatic heterocycles. The van der Waals surface area contributed by atoms with Crippen LogP contribution in [-0.2, 0) is 19.2 Å². The van der Waals surface area contributed by atoms with Crippen LogP contribution in [0.15, 0.2) is 23.3 Å². The molecule has 116 valence electrons. The summed E-state index contributed by atoms with van der Waals surface area (Å²) in [6.07, 6.45) is 0.935. The number of hydrogen-bond donors (Lipinski definition) is 0. The molecule has 0 rings (SSSR count). The van der Waals surface area contributed by atoms with Crippen molar-refractivity contribution in [1.29, 1.82) is 0 Å². The maximum atomic E-state index is 9.76. The van der Waals surface area contributed by atoms with Gasteiger partial charge in [-0.15, -0.1) is 0 Å². The van der Waals surface area contributed by atoms with Crippen molar-refractivity contribution < 1.29 is 39.6 Å². The van der Waals surface area contributed by atoms with E-state index in [2.05, 4.69) is 9.88 Å². The van der Waals surface area contributed by atoms with Crippen molar-refractivity contribution >= 4 is 45.0 Å². The Morgan fingerprint density at radius 3 is 0.952 bits per heavy atom. The van der Waals surface area contributed by atoms with E-state index in [1.165, 1.54) is 0 Å². The summed E-state index contributed by atoms with van der Waals surface area (Å²) in [7, 11) is 0. The molecule has 0 fully saturated rings. The van der Waals surface area contributed by atoms with Crippen LogP contribution in [0, 0.1) is 0 Å². The van der Waals surface area contributed by atoms with E-state index in [1.807, 2.05) is 0 Å². The van der Waals surface area contributed by atoms with Crippen LogP contribution in [0.5, 0.6) is 0 Å². The Balaban J connectivity index is -0.000000260. The second-order valence-corrected chi connectivity index (χ2v) is 7.61. The second-order valence-electron chi connectivity index (χ2n) is 3.57. The first-order valence-electron chi connectivity index (χ1n) is 5.70. The zero-order valence-electron chi connectivity index (χ0n) is 12.1. The van der Waals surface area contributed by atoms with Crippen LogP contribution in [0.3, 0.4) is 0 Å². The fraction of sp³-hybridized carbons (Fsp3) is 0.333. The Hall–Kier alpha value is -1.84. The SMILES string of the molecule is C/C(=C/C(=O)[O-])C(=O)[O-].C/C(=C/C(=O)[O-])C(=O)[O-].[CH3][SnH2+4][CH3]. The number of carbonyl (C=O) groups is 4. The van der Waals surface area contributed by atoms with Gasteiger partial charge >= 0.3 is 31.0 Å². The van der Waals surface area contributed by atoms with Crippen LogP contribution < -0.4 is 20.4 Å². The summed E-state index contributed by atoms with van der Waals surface area (Å²) in [5, 5.41) is 38.8. The standard InChI is InChI=1S/2C5H6O4.2CH3.Sn.2H/c2*1-3(5(8)9)2-4(6)7;;;;;/h2*2H,1H3,(H,6,7)(H,8,9);2*1H3;;;/q;;;;+4;;/p-4/b2*3-2-;;;;;. The van der Waals surface area contributed by atoms with Crippen LogP contribution in [-0.4, -0.2) is 45.0 Å². The molecule has 0 N–H and O–H groups in total. The molecule has 0 aromatic carbocycles. The summed E-state index contributed by atoms with van der Waals surface area (Å²) in [5.74, 6) is -6.06. The summed E-state index contributed by atoms with van der Waals surface area (Å²) in [6, 6.07) is 0. The Labute approximate surface area is 132 Å². The van der Waals surface area contributed by atoms with Crippen molar-refractivity contribution in [3.8, 4) is 0 Å². The fourth-order valence-electron chi connectivity index (χ4n) is 0.471. The number of carboxylic acids is 4. The van der Waals surface area contributed by atoms with Gasteiger partial charge in [-0.1, -0.05) is 0 Å². The predicted octanol–water partition coefficient (Wildman–Crippen LogP) is -4.88. The summed E-state index contributed by atoms with van der Waals surface area (Å²) < 4.78 is 0. The minimum atomic E-state index is -1.53. The molecular formula is C12H16O8Sn. The molecule has 0 atom stereocenters. The number of hydrogen-bond acceptors (Lipinski definition) is 8. The van der Waals surface area contributed by atoms with E-state index < -0.39 is 23.9 Å². The molecule has 0 heterocycles. The molecule has 9 heteroatoms. The average Bonchev–Trinajstić information content (AvgIpc) is 2.28. The van der Waals surface area contributed by atoms with E-state index in [1.54, 1.807) is 0 Å². The zero-order valence-corrected chi connectivity index (χ0v) is 16.2. The van der Waals surface area contributed by atoms with Crippen LogP contribution in [0.2, 0.25) is 9.88 Å². The molecule has 0 saturated carbocycles. The van der Waals surface area contributed by atoms with E-state index in [9.17, 15) is 39.6 Å². The zero-order chi connectivity index (χ0) is 17.6. The number of carbonyl (C=O) groups excluding carboxylic acids is 4. The molecule has 0 saturated heterocycles. The Kier molecular flexibility index (Phi) is 16.8. The van der Waals surface area contributed by atoms with Crippen molar-refractivity contribution in [1.82, 2.24) is 0 Å². The van der Waals surface area contributed by atoms with Gasteiger partial charge in [-0.05, 0) is 37.1 Å². The third-order valence-electron chi connectivity index (χ3n) is 1.31. The summed E-state index contributed by atoms with van der Waals surface area (Å²) in [4.78, 5) is 43.5. The normalized spacial score (nSPS) is 10.3. The van der Waals surface area contributed by atoms with Crippen LogP contribution in [0.4, 0.5) is 0 Å². The van der Waals surface area contributed by atoms with Gasteiger partial charge in [0.25, 0.3) is 0 Å². The monoisotopic (exact) mass is 408 g/mol. The third kappa shape index (κ3) is 23.7. The Morgan fingerprint density at radius 1 is 0.714 bits per heavy atom. The number of aliphatic carboxylic acids is 4. The van der Waals surface area contributed by atoms with Gasteiger partial charge in [0.1, 0.15) is 0 Å². The quantitative estimate of drug-likeness (QED) is 0.331. The van der Waals surface area contributed by atoms with E-state index in [4.69, 9.17) is 0 Å². The van der Waals surface area contributed by atoms with E-state index in [0.29, 0.717) is 12.2 Å². The fourth-order valence-corrected chi connectivity index (χ4v) is 0.471. The molecule has 0 aromatic rings. The van der Waals surface area contributed by atoms with E-state index in [0.717, 1.165) is 13.8 Å². The van der Waals surface area contributed by atoms with Gasteiger partial charge in [-0.25, -0.2) is 0 Å². The molecule has 0 aliphatic rings. The van der Waals surface area contributed by atoms with Gasteiger partial charge in [0.2, 0.25) is 0 Å². The van der Waals surface area contributed by atoms with Gasteiger partial charge in [0, 0.05) is 0 Å². The molecule has 0 spiro atoms. The predicted molar refractivity (Wildman–Crippen MR) is 67.8 cm³/mol. The maximum absolute atomic E-state index is 9.76. The average molecular weight is 407 g/mol. The summed E-state index contributed by atoms with van der Waals surface area (Å²) in [5.41, 5.74) is -0.704. The Bertz CT molecular complexity index is 397. The van der Waals surface area contributed by atoms with Crippen molar-refractivity contribution in [3.05, 3.63) is 23.3 Å². The van der Waals surface area contributed by atoms with Gasteiger partial charge in [0.05, 0.1) is 23.9 Å². The number of rotatable bonds is 4. The molecule has 0 amide bonds. The molecular weight excluding hydrogens is 391 g/mol. The molecule has 4 radical (unpaired) electrons. The number of carboxylic acid groups (broad SMARTS) is 4. The van der Waals surface area contributed by atoms with E-state index >= 15 is 0 Å². The van der Waals surface area contributed by atoms with Gasteiger partial charge in [-0.3, -0.25) is 0 Å². The van der Waals surface area contributed by atoms with Crippen molar-refractivity contribution in [2.75, 3.05) is 0 Å². The van der Waals surface area contributed by atoms with Gasteiger partial charge in [-0.2, -0.15) is 0 Å². The second kappa shape index (κ2) is 14.6. The minimum absolute atomic E-state index is 0.01000. The Morgan fingerprint density at radius 2 is 0.905 bits per heavy atom. The summed E-state index contributed by atoms with van der Waals surface area (Å²) in [6.45, 7) is 2.23. The topological polar surface area (TPSA) is 161 Å². The third-order valence-corrected chi connectivity index (χ3v) is 1.31. The van der Waals surface area contributed by atoms with Crippen molar-refractivity contribution in [3.63, 3.8) is 0 Å². The van der Waals surface area contributed by atoms with Crippen molar-refractivity contribution in [2.24, 2.45) is 0 Å². The van der Waals surface area contributed by atoms with Crippen molar-refractivity contribution in [2.45, 2.75) is 23.7 Å². The van der Waals surface area contributed by atoms with Crippen LogP contribution in [0.1, 0.15) is 13.8 Å². The first-order chi connectivity index (χ1) is 9.49. The van der Waals surface area contributed by atoms with Crippen LogP contribution >= 0.6 is 0 Å². The molecule has 0 bridgehead atoms. The molecule has 0 aliphatic heterocycles. The van der Waals surface area contributed by atoms with Gasteiger partial charge < -0.3 is 39.6 Å². The molecule has 21 heavy (non-hydrogen) atoms. The molecule has 8 nitrogen and oxygen atoms in total.